The first-order chi connectivity index (χ1) is 10.6. The van der Waals surface area contributed by atoms with Gasteiger partial charge in [0, 0.05) is 29.0 Å². The second-order valence-corrected chi connectivity index (χ2v) is 6.53. The molecule has 1 aliphatic rings. The Kier molecular flexibility index (Phi) is 4.31. The molecular formula is C16H18BrN3O2. The molecule has 22 heavy (non-hydrogen) atoms. The average Bonchev–Trinajstić information content (AvgIpc) is 2.96. The predicted octanol–water partition coefficient (Wildman–Crippen LogP) is 1.97. The minimum atomic E-state index is -0.256. The van der Waals surface area contributed by atoms with Crippen molar-refractivity contribution in [1.29, 1.82) is 0 Å². The number of pyridine rings is 1. The zero-order valence-corrected chi connectivity index (χ0v) is 13.9. The molecule has 1 aromatic carbocycles. The molecule has 0 radical (unpaired) electrons. The van der Waals surface area contributed by atoms with Gasteiger partial charge < -0.3 is 15.2 Å². The molecule has 1 atom stereocenters. The van der Waals surface area contributed by atoms with Crippen molar-refractivity contribution in [2.24, 2.45) is 5.92 Å². The van der Waals surface area contributed by atoms with Gasteiger partial charge in [-0.15, -0.1) is 0 Å². The fourth-order valence-corrected chi connectivity index (χ4v) is 3.53. The van der Waals surface area contributed by atoms with Crippen LogP contribution in [0.2, 0.25) is 0 Å². The van der Waals surface area contributed by atoms with E-state index in [-0.39, 0.29) is 11.5 Å². The van der Waals surface area contributed by atoms with Crippen LogP contribution in [0.5, 0.6) is 0 Å². The van der Waals surface area contributed by atoms with E-state index in [4.69, 9.17) is 0 Å². The van der Waals surface area contributed by atoms with Gasteiger partial charge in [-0.2, -0.15) is 0 Å². The Hall–Kier alpha value is -1.66. The summed E-state index contributed by atoms with van der Waals surface area (Å²) in [5.41, 5.74) is 0.892. The van der Waals surface area contributed by atoms with Gasteiger partial charge in [-0.3, -0.25) is 9.59 Å². The van der Waals surface area contributed by atoms with Crippen LogP contribution in [0.15, 0.2) is 33.5 Å². The smallest absolute Gasteiger partial charge is 0.254 e. The fourth-order valence-electron chi connectivity index (χ4n) is 3.06. The number of halogens is 1. The lowest BCUT2D eigenvalue weighted by Crippen LogP contribution is -2.31. The van der Waals surface area contributed by atoms with Crippen molar-refractivity contribution in [1.82, 2.24) is 15.2 Å². The van der Waals surface area contributed by atoms with Crippen LogP contribution in [0.3, 0.4) is 0 Å². The number of aromatic nitrogens is 1. The van der Waals surface area contributed by atoms with Gasteiger partial charge in [0.1, 0.15) is 0 Å². The molecule has 1 fully saturated rings. The highest BCUT2D eigenvalue weighted by Gasteiger charge is 2.27. The lowest BCUT2D eigenvalue weighted by atomic mass is 10.1. The predicted molar refractivity (Wildman–Crippen MR) is 90.2 cm³/mol. The van der Waals surface area contributed by atoms with Crippen LogP contribution in [-0.2, 0) is 0 Å². The van der Waals surface area contributed by atoms with E-state index < -0.39 is 0 Å². The number of H-pyrrole nitrogens is 1. The number of nitrogens with one attached hydrogen (secondary N) is 2. The molecule has 1 unspecified atom stereocenters. The summed E-state index contributed by atoms with van der Waals surface area (Å²) >= 11 is 3.42. The third-order valence-corrected chi connectivity index (χ3v) is 4.78. The molecule has 0 aliphatic carbocycles. The van der Waals surface area contributed by atoms with Crippen LogP contribution in [0.25, 0.3) is 10.9 Å². The number of rotatable bonds is 3. The molecule has 0 bridgehead atoms. The van der Waals surface area contributed by atoms with E-state index in [0.29, 0.717) is 17.0 Å². The maximum atomic E-state index is 12.8. The number of hydrogen-bond acceptors (Lipinski definition) is 3. The van der Waals surface area contributed by atoms with Gasteiger partial charge in [0.15, 0.2) is 0 Å². The molecule has 0 spiro atoms. The van der Waals surface area contributed by atoms with Crippen molar-refractivity contribution >= 4 is 32.7 Å². The SMILES string of the molecule is CNCC1CCN(C(=O)c2cc(=O)[nH]c3c(Br)cccc23)C1. The molecule has 1 amide bonds. The molecule has 2 N–H and O–H groups in total. The van der Waals surface area contributed by atoms with Crippen molar-refractivity contribution in [3.05, 3.63) is 44.7 Å². The summed E-state index contributed by atoms with van der Waals surface area (Å²) < 4.78 is 0.784. The summed E-state index contributed by atoms with van der Waals surface area (Å²) in [6, 6.07) is 6.99. The van der Waals surface area contributed by atoms with E-state index in [1.54, 1.807) is 0 Å². The first-order valence-electron chi connectivity index (χ1n) is 7.35. The summed E-state index contributed by atoms with van der Waals surface area (Å²) in [6.07, 6.45) is 0.997. The Morgan fingerprint density at radius 2 is 2.32 bits per heavy atom. The highest BCUT2D eigenvalue weighted by molar-refractivity contribution is 9.10. The maximum Gasteiger partial charge on any atom is 0.254 e. The minimum Gasteiger partial charge on any atom is -0.338 e. The van der Waals surface area contributed by atoms with E-state index in [1.807, 2.05) is 30.1 Å². The van der Waals surface area contributed by atoms with Crippen LogP contribution in [0.1, 0.15) is 16.8 Å². The monoisotopic (exact) mass is 363 g/mol. The van der Waals surface area contributed by atoms with Crippen molar-refractivity contribution in [3.63, 3.8) is 0 Å². The topological polar surface area (TPSA) is 65.2 Å². The molecule has 2 heterocycles. The lowest BCUT2D eigenvalue weighted by Gasteiger charge is -2.17. The normalized spacial score (nSPS) is 18.1. The minimum absolute atomic E-state index is 0.0622. The lowest BCUT2D eigenvalue weighted by molar-refractivity contribution is 0.0789. The third-order valence-electron chi connectivity index (χ3n) is 4.12. The van der Waals surface area contributed by atoms with E-state index in [9.17, 15) is 9.59 Å². The van der Waals surface area contributed by atoms with E-state index in [2.05, 4.69) is 26.2 Å². The Bertz CT molecular complexity index is 772. The van der Waals surface area contributed by atoms with Crippen molar-refractivity contribution in [2.45, 2.75) is 6.42 Å². The third kappa shape index (κ3) is 2.80. The number of likely N-dealkylation sites (tertiary alicyclic amines) is 1. The van der Waals surface area contributed by atoms with Gasteiger partial charge in [0.2, 0.25) is 5.56 Å². The van der Waals surface area contributed by atoms with Gasteiger partial charge >= 0.3 is 0 Å². The van der Waals surface area contributed by atoms with Gasteiger partial charge in [-0.05, 0) is 47.9 Å². The largest absolute Gasteiger partial charge is 0.338 e. The number of fused-ring (bicyclic) bond motifs is 1. The maximum absolute atomic E-state index is 12.8. The Balaban J connectivity index is 1.98. The highest BCUT2D eigenvalue weighted by atomic mass is 79.9. The molecular weight excluding hydrogens is 346 g/mol. The summed E-state index contributed by atoms with van der Waals surface area (Å²) in [5, 5.41) is 3.93. The summed E-state index contributed by atoms with van der Waals surface area (Å²) in [7, 11) is 1.92. The molecule has 6 heteroatoms. The number of amides is 1. The molecule has 2 aromatic rings. The second-order valence-electron chi connectivity index (χ2n) is 5.67. The van der Waals surface area contributed by atoms with Crippen LogP contribution < -0.4 is 10.9 Å². The second kappa shape index (κ2) is 6.22. The van der Waals surface area contributed by atoms with Crippen molar-refractivity contribution in [2.75, 3.05) is 26.7 Å². The molecule has 1 aliphatic heterocycles. The first-order valence-corrected chi connectivity index (χ1v) is 8.15. The van der Waals surface area contributed by atoms with Crippen LogP contribution in [-0.4, -0.2) is 42.5 Å². The zero-order valence-electron chi connectivity index (χ0n) is 12.4. The Morgan fingerprint density at radius 3 is 3.09 bits per heavy atom. The number of benzene rings is 1. The summed E-state index contributed by atoms with van der Waals surface area (Å²) in [6.45, 7) is 2.39. The number of hydrogen-bond donors (Lipinski definition) is 2. The van der Waals surface area contributed by atoms with Gasteiger partial charge in [-0.1, -0.05) is 12.1 Å². The van der Waals surface area contributed by atoms with Crippen molar-refractivity contribution in [3.8, 4) is 0 Å². The van der Waals surface area contributed by atoms with Gasteiger partial charge in [0.25, 0.3) is 5.91 Å². The number of para-hydroxylation sites is 1. The van der Waals surface area contributed by atoms with E-state index >= 15 is 0 Å². The van der Waals surface area contributed by atoms with Crippen LogP contribution >= 0.6 is 15.9 Å². The van der Waals surface area contributed by atoms with E-state index in [0.717, 1.165) is 35.9 Å². The Labute approximate surface area is 136 Å². The summed E-state index contributed by atoms with van der Waals surface area (Å²) in [4.78, 5) is 29.3. The molecule has 1 saturated heterocycles. The quantitative estimate of drug-likeness (QED) is 0.875. The molecule has 5 nitrogen and oxygen atoms in total. The molecule has 116 valence electrons. The number of nitrogens with zero attached hydrogens (tertiary/aromatic N) is 1. The number of carbonyl (C=O) groups is 1. The highest BCUT2D eigenvalue weighted by Crippen LogP contribution is 2.25. The van der Waals surface area contributed by atoms with Gasteiger partial charge in [0.05, 0.1) is 11.1 Å². The van der Waals surface area contributed by atoms with E-state index in [1.165, 1.54) is 6.07 Å². The first kappa shape index (κ1) is 15.2. The summed E-state index contributed by atoms with van der Waals surface area (Å²) in [5.74, 6) is 0.418. The van der Waals surface area contributed by atoms with Gasteiger partial charge in [-0.25, -0.2) is 0 Å². The number of carbonyl (C=O) groups excluding carboxylic acids is 1. The van der Waals surface area contributed by atoms with Crippen molar-refractivity contribution < 1.29 is 4.79 Å². The average molecular weight is 364 g/mol. The molecule has 3 rings (SSSR count). The van der Waals surface area contributed by atoms with Crippen LogP contribution in [0, 0.1) is 5.92 Å². The zero-order chi connectivity index (χ0) is 15.7. The number of aromatic amines is 1. The molecule has 1 aromatic heterocycles. The Morgan fingerprint density at radius 1 is 1.50 bits per heavy atom. The molecule has 0 saturated carbocycles. The van der Waals surface area contributed by atoms with Crippen LogP contribution in [0.4, 0.5) is 0 Å². The standard InChI is InChI=1S/C16H18BrN3O2/c1-18-8-10-5-6-20(9-10)16(22)12-7-14(21)19-15-11(12)3-2-4-13(15)17/h2-4,7,10,18H,5-6,8-9H2,1H3,(H,19,21). The fraction of sp³-hybridized carbons (Fsp3) is 0.375.